The van der Waals surface area contributed by atoms with Gasteiger partial charge in [0, 0.05) is 12.6 Å². The minimum Gasteiger partial charge on any atom is -0.444 e. The Kier molecular flexibility index (Phi) is 5.38. The molecule has 0 aromatic rings. The molecule has 1 heterocycles. The first-order chi connectivity index (χ1) is 6.38. The molecule has 0 radical (unpaired) electrons. The number of rotatable bonds is 1. The Morgan fingerprint density at radius 2 is 2.00 bits per heavy atom. The van der Waals surface area contributed by atoms with Crippen molar-refractivity contribution in [3.05, 3.63) is 0 Å². The Balaban J connectivity index is 0.00000196. The van der Waals surface area contributed by atoms with E-state index in [0.717, 1.165) is 13.1 Å². The van der Waals surface area contributed by atoms with Gasteiger partial charge in [-0.05, 0) is 33.2 Å². The summed E-state index contributed by atoms with van der Waals surface area (Å²) >= 11 is 0. The van der Waals surface area contributed by atoms with Gasteiger partial charge in [-0.1, -0.05) is 6.92 Å². The van der Waals surface area contributed by atoms with Gasteiger partial charge in [0.05, 0.1) is 0 Å². The van der Waals surface area contributed by atoms with Crippen molar-refractivity contribution < 1.29 is 9.53 Å². The first-order valence-electron chi connectivity index (χ1n) is 5.09. The van der Waals surface area contributed by atoms with Crippen LogP contribution in [-0.2, 0) is 4.74 Å². The molecule has 0 spiro atoms. The van der Waals surface area contributed by atoms with Crippen LogP contribution in [0.4, 0.5) is 4.79 Å². The van der Waals surface area contributed by atoms with Crippen LogP contribution >= 0.6 is 12.4 Å². The highest BCUT2D eigenvalue weighted by atomic mass is 35.5. The molecule has 1 rings (SSSR count). The molecule has 1 aliphatic rings. The van der Waals surface area contributed by atoms with Crippen molar-refractivity contribution in [3.63, 3.8) is 0 Å². The van der Waals surface area contributed by atoms with Crippen LogP contribution in [0.2, 0.25) is 0 Å². The average molecular weight is 237 g/mol. The zero-order valence-corrected chi connectivity index (χ0v) is 10.6. The summed E-state index contributed by atoms with van der Waals surface area (Å²) in [6.07, 6.45) is -0.321. The molecule has 0 unspecified atom stereocenters. The van der Waals surface area contributed by atoms with Gasteiger partial charge in [0.15, 0.2) is 0 Å². The second-order valence-corrected chi connectivity index (χ2v) is 4.89. The topological polar surface area (TPSA) is 50.4 Å². The molecule has 4 nitrogen and oxygen atoms in total. The Morgan fingerprint density at radius 3 is 2.40 bits per heavy atom. The summed E-state index contributed by atoms with van der Waals surface area (Å²) in [5.41, 5.74) is -0.417. The summed E-state index contributed by atoms with van der Waals surface area (Å²) in [5, 5.41) is 6.08. The van der Waals surface area contributed by atoms with Crippen LogP contribution in [0.3, 0.4) is 0 Å². The Labute approximate surface area is 97.5 Å². The predicted octanol–water partition coefficient (Wildman–Crippen LogP) is 1.54. The highest BCUT2D eigenvalue weighted by molar-refractivity contribution is 5.85. The number of hydrogen-bond acceptors (Lipinski definition) is 3. The number of hydrogen-bond donors (Lipinski definition) is 2. The molecular weight excluding hydrogens is 216 g/mol. The average Bonchev–Trinajstić information content (AvgIpc) is 2.32. The Bertz CT molecular complexity index is 216. The van der Waals surface area contributed by atoms with Crippen LogP contribution in [0.25, 0.3) is 0 Å². The fourth-order valence-corrected chi connectivity index (χ4v) is 1.46. The van der Waals surface area contributed by atoms with Crippen LogP contribution in [0, 0.1) is 5.92 Å². The first kappa shape index (κ1) is 14.5. The number of alkyl carbamates (subject to hydrolysis) is 1. The van der Waals surface area contributed by atoms with Crippen molar-refractivity contribution >= 4 is 18.5 Å². The van der Waals surface area contributed by atoms with E-state index in [0.29, 0.717) is 5.92 Å². The monoisotopic (exact) mass is 236 g/mol. The van der Waals surface area contributed by atoms with Gasteiger partial charge in [-0.15, -0.1) is 12.4 Å². The van der Waals surface area contributed by atoms with Gasteiger partial charge >= 0.3 is 6.09 Å². The molecule has 0 aliphatic carbocycles. The van der Waals surface area contributed by atoms with Crippen molar-refractivity contribution in [2.75, 3.05) is 13.1 Å². The van der Waals surface area contributed by atoms with Crippen LogP contribution in [-0.4, -0.2) is 30.8 Å². The second kappa shape index (κ2) is 5.56. The molecule has 15 heavy (non-hydrogen) atoms. The van der Waals surface area contributed by atoms with Crippen molar-refractivity contribution in [3.8, 4) is 0 Å². The van der Waals surface area contributed by atoms with Gasteiger partial charge in [-0.2, -0.15) is 0 Å². The molecule has 1 aliphatic heterocycles. The third-order valence-electron chi connectivity index (χ3n) is 2.22. The van der Waals surface area contributed by atoms with Crippen molar-refractivity contribution in [2.24, 2.45) is 5.92 Å². The van der Waals surface area contributed by atoms with Gasteiger partial charge in [-0.25, -0.2) is 4.79 Å². The third-order valence-corrected chi connectivity index (χ3v) is 2.22. The number of carbonyl (C=O) groups excluding carboxylic acids is 1. The van der Waals surface area contributed by atoms with Gasteiger partial charge in [0.25, 0.3) is 0 Å². The molecule has 1 amide bonds. The highest BCUT2D eigenvalue weighted by Crippen LogP contribution is 2.10. The van der Waals surface area contributed by atoms with Gasteiger partial charge in [0.1, 0.15) is 5.60 Å². The minimum absolute atomic E-state index is 0. The zero-order chi connectivity index (χ0) is 10.8. The highest BCUT2D eigenvalue weighted by Gasteiger charge is 2.26. The van der Waals surface area contributed by atoms with Crippen molar-refractivity contribution in [1.82, 2.24) is 10.6 Å². The van der Waals surface area contributed by atoms with E-state index in [1.54, 1.807) is 0 Å². The van der Waals surface area contributed by atoms with E-state index in [2.05, 4.69) is 17.6 Å². The SMILES string of the molecule is C[C@@H]1CNC[C@H]1NC(=O)OC(C)(C)C.Cl. The van der Waals surface area contributed by atoms with Crippen LogP contribution in [0.15, 0.2) is 0 Å². The van der Waals surface area contributed by atoms with E-state index in [4.69, 9.17) is 4.74 Å². The Hall–Kier alpha value is -0.480. The lowest BCUT2D eigenvalue weighted by Gasteiger charge is -2.22. The third kappa shape index (κ3) is 5.23. The summed E-state index contributed by atoms with van der Waals surface area (Å²) in [6.45, 7) is 9.50. The van der Waals surface area contributed by atoms with E-state index in [9.17, 15) is 4.79 Å². The number of halogens is 1. The normalized spacial score (nSPS) is 25.6. The van der Waals surface area contributed by atoms with Gasteiger partial charge in [0.2, 0.25) is 0 Å². The molecule has 2 N–H and O–H groups in total. The lowest BCUT2D eigenvalue weighted by atomic mass is 10.1. The van der Waals surface area contributed by atoms with Crippen LogP contribution in [0.5, 0.6) is 0 Å². The summed E-state index contributed by atoms with van der Waals surface area (Å²) < 4.78 is 5.17. The molecule has 0 saturated carbocycles. The fourth-order valence-electron chi connectivity index (χ4n) is 1.46. The van der Waals surface area contributed by atoms with Crippen LogP contribution in [0.1, 0.15) is 27.7 Å². The molecule has 2 atom stereocenters. The first-order valence-corrected chi connectivity index (χ1v) is 5.09. The van der Waals surface area contributed by atoms with E-state index >= 15 is 0 Å². The van der Waals surface area contributed by atoms with Crippen LogP contribution < -0.4 is 10.6 Å². The quantitative estimate of drug-likeness (QED) is 0.726. The van der Waals surface area contributed by atoms with Crippen molar-refractivity contribution in [1.29, 1.82) is 0 Å². The number of amides is 1. The van der Waals surface area contributed by atoms with E-state index in [-0.39, 0.29) is 24.5 Å². The lowest BCUT2D eigenvalue weighted by Crippen LogP contribution is -2.42. The largest absolute Gasteiger partial charge is 0.444 e. The standard InChI is InChI=1S/C10H20N2O2.ClH/c1-7-5-11-6-8(7)12-9(13)14-10(2,3)4;/h7-8,11H,5-6H2,1-4H3,(H,12,13);1H/t7-,8-;/m1./s1. The summed E-state index contributed by atoms with van der Waals surface area (Å²) in [6, 6.07) is 0.199. The maximum absolute atomic E-state index is 11.4. The lowest BCUT2D eigenvalue weighted by molar-refractivity contribution is 0.0499. The number of carbonyl (C=O) groups is 1. The van der Waals surface area contributed by atoms with E-state index in [1.165, 1.54) is 0 Å². The molecular formula is C10H21ClN2O2. The molecule has 0 bridgehead atoms. The van der Waals surface area contributed by atoms with Gasteiger partial charge < -0.3 is 15.4 Å². The van der Waals surface area contributed by atoms with Crippen molar-refractivity contribution in [2.45, 2.75) is 39.3 Å². The number of nitrogens with one attached hydrogen (secondary N) is 2. The molecule has 0 aromatic carbocycles. The maximum Gasteiger partial charge on any atom is 0.407 e. The second-order valence-electron chi connectivity index (χ2n) is 4.89. The van der Waals surface area contributed by atoms with E-state index in [1.807, 2.05) is 20.8 Å². The predicted molar refractivity (Wildman–Crippen MR) is 62.4 cm³/mol. The maximum atomic E-state index is 11.4. The van der Waals surface area contributed by atoms with Gasteiger partial charge in [-0.3, -0.25) is 0 Å². The zero-order valence-electron chi connectivity index (χ0n) is 9.79. The summed E-state index contributed by atoms with van der Waals surface area (Å²) in [4.78, 5) is 11.4. The summed E-state index contributed by atoms with van der Waals surface area (Å²) in [5.74, 6) is 0.475. The summed E-state index contributed by atoms with van der Waals surface area (Å²) in [7, 11) is 0. The van der Waals surface area contributed by atoms with E-state index < -0.39 is 5.60 Å². The Morgan fingerprint density at radius 1 is 1.40 bits per heavy atom. The smallest absolute Gasteiger partial charge is 0.407 e. The molecule has 1 fully saturated rings. The molecule has 90 valence electrons. The molecule has 0 aromatic heterocycles. The fraction of sp³-hybridized carbons (Fsp3) is 0.900. The molecule has 1 saturated heterocycles. The minimum atomic E-state index is -0.417. The molecule has 5 heteroatoms. The number of ether oxygens (including phenoxy) is 1.